The molecule has 0 bridgehead atoms. The second-order valence-electron chi connectivity index (χ2n) is 5.78. The second-order valence-corrected chi connectivity index (χ2v) is 5.78. The molecule has 0 aromatic heterocycles. The number of nitrogens with zero attached hydrogens (tertiary/aromatic N) is 2. The summed E-state index contributed by atoms with van der Waals surface area (Å²) in [4.78, 5) is 28.9. The van der Waals surface area contributed by atoms with Gasteiger partial charge in [0.15, 0.2) is 11.6 Å². The molecule has 0 atom stereocenters. The molecule has 0 saturated heterocycles. The molecule has 0 radical (unpaired) electrons. The van der Waals surface area contributed by atoms with E-state index in [9.17, 15) is 9.59 Å². The van der Waals surface area contributed by atoms with E-state index in [1.165, 1.54) is 12.2 Å². The fraction of sp³-hybridized carbons (Fsp3) is 0.333. The van der Waals surface area contributed by atoms with Gasteiger partial charge in [0.05, 0.1) is 0 Å². The van der Waals surface area contributed by atoms with Gasteiger partial charge in [-0.15, -0.1) is 0 Å². The zero-order valence-corrected chi connectivity index (χ0v) is 13.9. The maximum atomic E-state index is 12.7. The van der Waals surface area contributed by atoms with E-state index in [0.29, 0.717) is 5.56 Å². The van der Waals surface area contributed by atoms with E-state index in [0.717, 1.165) is 0 Å². The summed E-state index contributed by atoms with van der Waals surface area (Å²) in [5, 5.41) is 0. The van der Waals surface area contributed by atoms with E-state index >= 15 is 0 Å². The van der Waals surface area contributed by atoms with Crippen molar-refractivity contribution in [1.82, 2.24) is 9.80 Å². The van der Waals surface area contributed by atoms with Crippen molar-refractivity contribution in [2.75, 3.05) is 28.2 Å². The molecule has 1 aromatic rings. The Morgan fingerprint density at radius 3 is 1.64 bits per heavy atom. The molecule has 4 heteroatoms. The number of benzene rings is 1. The monoisotopic (exact) mass is 300 g/mol. The zero-order chi connectivity index (χ0) is 16.8. The molecule has 1 rings (SSSR count). The molecule has 0 heterocycles. The molecule has 0 aliphatic heterocycles. The molecule has 0 N–H and O–H groups in total. The summed E-state index contributed by atoms with van der Waals surface area (Å²) in [6, 6.07) is 9.15. The van der Waals surface area contributed by atoms with E-state index in [4.69, 9.17) is 0 Å². The lowest BCUT2D eigenvalue weighted by Crippen LogP contribution is -2.39. The summed E-state index contributed by atoms with van der Waals surface area (Å²) in [6.45, 7) is 1.67. The lowest BCUT2D eigenvalue weighted by molar-refractivity contribution is -0.129. The van der Waals surface area contributed by atoms with Gasteiger partial charge in [0, 0.05) is 40.6 Å². The largest absolute Gasteiger partial charge is 0.383 e. The van der Waals surface area contributed by atoms with Gasteiger partial charge >= 0.3 is 0 Å². The minimum atomic E-state index is -1.22. The first-order valence-electron chi connectivity index (χ1n) is 7.12. The van der Waals surface area contributed by atoms with Gasteiger partial charge in [-0.05, 0) is 24.6 Å². The summed E-state index contributed by atoms with van der Waals surface area (Å²) in [6.07, 6.45) is 6.22. The number of hydrogen-bond acceptors (Lipinski definition) is 4. The van der Waals surface area contributed by atoms with Crippen LogP contribution in [0.3, 0.4) is 0 Å². The minimum absolute atomic E-state index is 0.235. The summed E-state index contributed by atoms with van der Waals surface area (Å²) in [5.74, 6) is -0.471. The van der Waals surface area contributed by atoms with Gasteiger partial charge < -0.3 is 9.80 Å². The Balaban J connectivity index is 3.27. The average Bonchev–Trinajstić information content (AvgIpc) is 2.50. The highest BCUT2D eigenvalue weighted by atomic mass is 16.2. The van der Waals surface area contributed by atoms with E-state index in [-0.39, 0.29) is 11.6 Å². The Kier molecular flexibility index (Phi) is 6.11. The molecule has 22 heavy (non-hydrogen) atoms. The maximum Gasteiger partial charge on any atom is 0.175 e. The summed E-state index contributed by atoms with van der Waals surface area (Å²) in [7, 11) is 7.32. The van der Waals surface area contributed by atoms with Crippen LogP contribution in [0.5, 0.6) is 0 Å². The van der Waals surface area contributed by atoms with Gasteiger partial charge in [0.1, 0.15) is 5.41 Å². The van der Waals surface area contributed by atoms with Crippen molar-refractivity contribution in [3.63, 3.8) is 0 Å². The first-order valence-corrected chi connectivity index (χ1v) is 7.12. The first kappa shape index (κ1) is 17.7. The summed E-state index contributed by atoms with van der Waals surface area (Å²) >= 11 is 0. The van der Waals surface area contributed by atoms with Crippen molar-refractivity contribution in [3.8, 4) is 0 Å². The van der Waals surface area contributed by atoms with Crippen molar-refractivity contribution < 1.29 is 9.59 Å². The third-order valence-corrected chi connectivity index (χ3v) is 3.38. The SMILES string of the molecule is CN(C)/C=C/C(=O)C(C)(C(=O)/C=C/N(C)C)c1ccccc1. The van der Waals surface area contributed by atoms with Crippen LogP contribution in [0.2, 0.25) is 0 Å². The van der Waals surface area contributed by atoms with Crippen molar-refractivity contribution >= 4 is 11.6 Å². The highest BCUT2D eigenvalue weighted by molar-refractivity contribution is 6.19. The first-order chi connectivity index (χ1) is 10.3. The van der Waals surface area contributed by atoms with Gasteiger partial charge in [-0.1, -0.05) is 30.3 Å². The molecule has 0 aliphatic carbocycles. The molecule has 0 saturated carbocycles. The Hall–Kier alpha value is -2.36. The van der Waals surface area contributed by atoms with Gasteiger partial charge in [-0.25, -0.2) is 0 Å². The summed E-state index contributed by atoms with van der Waals surface area (Å²) in [5.41, 5.74) is -0.530. The molecule has 0 unspecified atom stereocenters. The van der Waals surface area contributed by atoms with E-state index in [1.54, 1.807) is 29.1 Å². The lowest BCUT2D eigenvalue weighted by atomic mass is 9.75. The third kappa shape index (κ3) is 4.32. The standard InChI is InChI=1S/C18H24N2O2/c1-18(15-9-7-6-8-10-15,16(21)11-13-19(2)3)17(22)12-14-20(4)5/h6-14H,1-5H3/b13-11+,14-12+. The van der Waals surface area contributed by atoms with Gasteiger partial charge in [0.25, 0.3) is 0 Å². The fourth-order valence-corrected chi connectivity index (χ4v) is 1.94. The molecule has 0 fully saturated rings. The molecule has 4 nitrogen and oxygen atoms in total. The molecule has 118 valence electrons. The van der Waals surface area contributed by atoms with Crippen LogP contribution in [0.15, 0.2) is 54.9 Å². The highest BCUT2D eigenvalue weighted by Gasteiger charge is 2.39. The number of ketones is 2. The highest BCUT2D eigenvalue weighted by Crippen LogP contribution is 2.27. The van der Waals surface area contributed by atoms with Gasteiger partial charge in [-0.3, -0.25) is 9.59 Å². The average molecular weight is 300 g/mol. The lowest BCUT2D eigenvalue weighted by Gasteiger charge is -2.25. The van der Waals surface area contributed by atoms with Crippen LogP contribution in [0.25, 0.3) is 0 Å². The predicted molar refractivity (Wildman–Crippen MR) is 89.5 cm³/mol. The molecular formula is C18H24N2O2. The Morgan fingerprint density at radius 2 is 1.27 bits per heavy atom. The zero-order valence-electron chi connectivity index (χ0n) is 13.9. The van der Waals surface area contributed by atoms with Crippen molar-refractivity contribution in [2.45, 2.75) is 12.3 Å². The van der Waals surface area contributed by atoms with Gasteiger partial charge in [0.2, 0.25) is 0 Å². The van der Waals surface area contributed by atoms with Crippen molar-refractivity contribution in [1.29, 1.82) is 0 Å². The van der Waals surface area contributed by atoms with Crippen LogP contribution < -0.4 is 0 Å². The Morgan fingerprint density at radius 1 is 0.864 bits per heavy atom. The second kappa shape index (κ2) is 7.59. The van der Waals surface area contributed by atoms with Gasteiger partial charge in [-0.2, -0.15) is 0 Å². The maximum absolute atomic E-state index is 12.7. The molecule has 0 amide bonds. The minimum Gasteiger partial charge on any atom is -0.383 e. The Labute approximate surface area is 132 Å². The van der Waals surface area contributed by atoms with Crippen LogP contribution in [0, 0.1) is 0 Å². The molecular weight excluding hydrogens is 276 g/mol. The van der Waals surface area contributed by atoms with Crippen LogP contribution >= 0.6 is 0 Å². The molecule has 0 aliphatic rings. The number of carbonyl (C=O) groups is 2. The topological polar surface area (TPSA) is 40.6 Å². The number of hydrogen-bond donors (Lipinski definition) is 0. The fourth-order valence-electron chi connectivity index (χ4n) is 1.94. The van der Waals surface area contributed by atoms with E-state index in [2.05, 4.69) is 0 Å². The third-order valence-electron chi connectivity index (χ3n) is 3.38. The number of carbonyl (C=O) groups excluding carboxylic acids is 2. The van der Waals surface area contributed by atoms with Crippen LogP contribution in [-0.2, 0) is 15.0 Å². The quantitative estimate of drug-likeness (QED) is 0.572. The van der Waals surface area contributed by atoms with Crippen LogP contribution in [0.4, 0.5) is 0 Å². The van der Waals surface area contributed by atoms with Crippen LogP contribution in [0.1, 0.15) is 12.5 Å². The van der Waals surface area contributed by atoms with E-state index in [1.807, 2.05) is 58.5 Å². The normalized spacial score (nSPS) is 11.9. The molecule has 0 spiro atoms. The smallest absolute Gasteiger partial charge is 0.175 e. The van der Waals surface area contributed by atoms with E-state index < -0.39 is 5.41 Å². The van der Waals surface area contributed by atoms with Crippen molar-refractivity contribution in [3.05, 3.63) is 60.4 Å². The van der Waals surface area contributed by atoms with Crippen molar-refractivity contribution in [2.24, 2.45) is 0 Å². The summed E-state index contributed by atoms with van der Waals surface area (Å²) < 4.78 is 0. The Bertz CT molecular complexity index is 542. The molecule has 1 aromatic carbocycles. The number of rotatable bonds is 7. The van der Waals surface area contributed by atoms with Crippen LogP contribution in [-0.4, -0.2) is 49.6 Å². The number of allylic oxidation sites excluding steroid dienone is 2. The predicted octanol–water partition coefficient (Wildman–Crippen LogP) is 2.23.